The van der Waals surface area contributed by atoms with Gasteiger partial charge in [0.1, 0.15) is 21.5 Å². The second-order valence-corrected chi connectivity index (χ2v) is 15.0. The maximum absolute atomic E-state index is 14.2. The van der Waals surface area contributed by atoms with Gasteiger partial charge >= 0.3 is 5.97 Å². The van der Waals surface area contributed by atoms with Gasteiger partial charge < -0.3 is 20.7 Å². The summed E-state index contributed by atoms with van der Waals surface area (Å²) in [5.41, 5.74) is 4.57. The first-order chi connectivity index (χ1) is 26.6. The monoisotopic (exact) mass is 805 g/mol. The lowest BCUT2D eigenvalue weighted by atomic mass is 10.0. The molecule has 3 amide bonds. The summed E-state index contributed by atoms with van der Waals surface area (Å²) in [6.45, 7) is 1.98. The first-order valence-electron chi connectivity index (χ1n) is 16.8. The van der Waals surface area contributed by atoms with Crippen molar-refractivity contribution in [3.05, 3.63) is 176 Å². The van der Waals surface area contributed by atoms with Gasteiger partial charge in [-0.15, -0.1) is 23.1 Å². The van der Waals surface area contributed by atoms with Crippen LogP contribution in [0.3, 0.4) is 0 Å². The minimum atomic E-state index is -0.759. The van der Waals surface area contributed by atoms with Crippen molar-refractivity contribution in [3.8, 4) is 11.1 Å². The number of thiophene rings is 1. The van der Waals surface area contributed by atoms with E-state index in [2.05, 4.69) is 16.0 Å². The first-order valence-corrected chi connectivity index (χ1v) is 19.4. The molecule has 8 nitrogen and oxygen atoms in total. The highest BCUT2D eigenvalue weighted by molar-refractivity contribution is 8.00. The van der Waals surface area contributed by atoms with Crippen LogP contribution in [0.25, 0.3) is 17.2 Å². The Morgan fingerprint density at radius 2 is 1.44 bits per heavy atom. The van der Waals surface area contributed by atoms with E-state index in [1.54, 1.807) is 66.7 Å². The van der Waals surface area contributed by atoms with Gasteiger partial charge in [0.05, 0.1) is 7.11 Å². The lowest BCUT2D eigenvalue weighted by Crippen LogP contribution is -2.30. The van der Waals surface area contributed by atoms with Crippen LogP contribution in [0.15, 0.2) is 143 Å². The summed E-state index contributed by atoms with van der Waals surface area (Å²) in [6.07, 6.45) is 1.42. The number of amides is 3. The molecule has 1 atom stereocenters. The van der Waals surface area contributed by atoms with Crippen LogP contribution < -0.4 is 16.0 Å². The van der Waals surface area contributed by atoms with Crippen LogP contribution >= 0.6 is 46.3 Å². The Morgan fingerprint density at radius 1 is 0.782 bits per heavy atom. The van der Waals surface area contributed by atoms with Crippen LogP contribution in [-0.4, -0.2) is 30.8 Å². The number of benzene rings is 5. The SMILES string of the molecule is COC(=O)c1c(-c2ccc(C)cc2)csc1NC(=O)C(Sc1cccc(NC(=O)/C(=C\c2c(Cl)cccc2Cl)NC(=O)c2ccccc2)c1)c1ccccc1. The number of ether oxygens (including phenoxy) is 1. The number of carbonyl (C=O) groups is 4. The highest BCUT2D eigenvalue weighted by atomic mass is 35.5. The van der Waals surface area contributed by atoms with Crippen LogP contribution in [0.1, 0.15) is 42.7 Å². The van der Waals surface area contributed by atoms with Crippen molar-refractivity contribution in [1.29, 1.82) is 0 Å². The molecule has 0 bridgehead atoms. The van der Waals surface area contributed by atoms with Crippen molar-refractivity contribution in [3.63, 3.8) is 0 Å². The number of hydrogen-bond acceptors (Lipinski definition) is 7. The largest absolute Gasteiger partial charge is 0.465 e. The second kappa shape index (κ2) is 18.1. The Bertz CT molecular complexity index is 2360. The van der Waals surface area contributed by atoms with E-state index in [9.17, 15) is 19.2 Å². The van der Waals surface area contributed by atoms with Crippen LogP contribution in [0.2, 0.25) is 10.0 Å². The first kappa shape index (κ1) is 39.1. The molecule has 0 aliphatic heterocycles. The molecule has 0 spiro atoms. The summed E-state index contributed by atoms with van der Waals surface area (Å²) in [5, 5.41) is 10.6. The van der Waals surface area contributed by atoms with Crippen LogP contribution in [0.5, 0.6) is 0 Å². The van der Waals surface area contributed by atoms with Crippen LogP contribution in [0, 0.1) is 6.92 Å². The Hall–Kier alpha value is -5.65. The second-order valence-electron chi connectivity index (χ2n) is 12.1. The molecule has 1 unspecified atom stereocenters. The minimum Gasteiger partial charge on any atom is -0.465 e. The minimum absolute atomic E-state index is 0.0918. The Morgan fingerprint density at radius 3 is 2.11 bits per heavy atom. The molecule has 0 saturated carbocycles. The molecule has 0 aliphatic rings. The average molecular weight is 807 g/mol. The van der Waals surface area contributed by atoms with E-state index in [1.165, 1.54) is 36.3 Å². The fourth-order valence-corrected chi connectivity index (χ4v) is 8.05. The van der Waals surface area contributed by atoms with Crippen molar-refractivity contribution in [1.82, 2.24) is 5.32 Å². The molecule has 5 aromatic carbocycles. The Balaban J connectivity index is 1.27. The lowest BCUT2D eigenvalue weighted by molar-refractivity contribution is -0.116. The van der Waals surface area contributed by atoms with Gasteiger partial charge in [-0.1, -0.05) is 114 Å². The van der Waals surface area contributed by atoms with Crippen molar-refractivity contribution in [2.75, 3.05) is 17.7 Å². The third-order valence-corrected chi connectivity index (χ3v) is 11.1. The molecule has 6 aromatic rings. The maximum atomic E-state index is 14.2. The fourth-order valence-electron chi connectivity index (χ4n) is 5.50. The summed E-state index contributed by atoms with van der Waals surface area (Å²) in [5.74, 6) is -2.06. The highest BCUT2D eigenvalue weighted by Gasteiger charge is 2.27. The summed E-state index contributed by atoms with van der Waals surface area (Å²) in [6, 6.07) is 37.4. The van der Waals surface area contributed by atoms with Crippen molar-refractivity contribution in [2.45, 2.75) is 17.1 Å². The number of thioether (sulfide) groups is 1. The summed E-state index contributed by atoms with van der Waals surface area (Å²) >= 11 is 15.4. The number of carbonyl (C=O) groups excluding carboxylic acids is 4. The predicted octanol–water partition coefficient (Wildman–Crippen LogP) is 10.7. The molecule has 0 radical (unpaired) electrons. The normalized spacial score (nSPS) is 11.7. The molecule has 3 N–H and O–H groups in total. The van der Waals surface area contributed by atoms with E-state index in [0.717, 1.165) is 16.7 Å². The fraction of sp³-hybridized carbons (Fsp3) is 0.0698. The smallest absolute Gasteiger partial charge is 0.341 e. The van der Waals surface area contributed by atoms with Gasteiger partial charge in [-0.25, -0.2) is 4.79 Å². The zero-order valence-corrected chi connectivity index (χ0v) is 32.6. The molecule has 1 aromatic heterocycles. The topological polar surface area (TPSA) is 114 Å². The maximum Gasteiger partial charge on any atom is 0.341 e. The van der Waals surface area contributed by atoms with E-state index >= 15 is 0 Å². The molecule has 55 heavy (non-hydrogen) atoms. The molecular formula is C43H33Cl2N3O5S2. The number of anilines is 2. The summed E-state index contributed by atoms with van der Waals surface area (Å²) in [4.78, 5) is 54.9. The average Bonchev–Trinajstić information content (AvgIpc) is 3.61. The lowest BCUT2D eigenvalue weighted by Gasteiger charge is -2.18. The predicted molar refractivity (Wildman–Crippen MR) is 223 cm³/mol. The molecule has 1 heterocycles. The van der Waals surface area contributed by atoms with Gasteiger partial charge in [0.25, 0.3) is 11.8 Å². The van der Waals surface area contributed by atoms with E-state index < -0.39 is 23.0 Å². The number of rotatable bonds is 12. The quantitative estimate of drug-likeness (QED) is 0.0645. The molecule has 276 valence electrons. The Labute approximate surface area is 336 Å². The summed E-state index contributed by atoms with van der Waals surface area (Å²) < 4.78 is 5.13. The van der Waals surface area contributed by atoms with Gasteiger partial charge in [0.2, 0.25) is 5.91 Å². The van der Waals surface area contributed by atoms with Crippen LogP contribution in [-0.2, 0) is 14.3 Å². The van der Waals surface area contributed by atoms with Gasteiger partial charge in [-0.3, -0.25) is 14.4 Å². The molecule has 0 fully saturated rings. The van der Waals surface area contributed by atoms with Crippen molar-refractivity contribution < 1.29 is 23.9 Å². The molecule has 6 rings (SSSR count). The number of hydrogen-bond donors (Lipinski definition) is 3. The summed E-state index contributed by atoms with van der Waals surface area (Å²) in [7, 11) is 1.31. The number of esters is 1. The molecule has 0 saturated heterocycles. The third kappa shape index (κ3) is 9.72. The number of aryl methyl sites for hydroxylation is 1. The molecular weight excluding hydrogens is 774 g/mol. The highest BCUT2D eigenvalue weighted by Crippen LogP contribution is 2.40. The van der Waals surface area contributed by atoms with E-state index in [-0.39, 0.29) is 17.2 Å². The van der Waals surface area contributed by atoms with E-state index in [0.29, 0.717) is 42.3 Å². The van der Waals surface area contributed by atoms with Crippen LogP contribution in [0.4, 0.5) is 10.7 Å². The number of halogens is 2. The standard InChI is InChI=1S/C43H33Cl2N3O5S2/c1-26-19-21-27(22-20-26)33-25-54-42(37(33)43(52)53-2)48-41(51)38(28-11-5-3-6-12-28)55-31-16-9-15-30(23-31)46-40(50)36(24-32-34(44)17-10-18-35(32)45)47-39(49)29-13-7-4-8-14-29/h3-25,38H,1-2H3,(H,46,50)(H,47,49)(H,48,51)/b36-24+. The molecule has 0 aliphatic carbocycles. The van der Waals surface area contributed by atoms with Gasteiger partial charge in [0.15, 0.2) is 0 Å². The zero-order valence-electron chi connectivity index (χ0n) is 29.5. The third-order valence-electron chi connectivity index (χ3n) is 8.28. The van der Waals surface area contributed by atoms with Gasteiger partial charge in [-0.2, -0.15) is 0 Å². The van der Waals surface area contributed by atoms with Gasteiger partial charge in [-0.05, 0) is 66.6 Å². The van der Waals surface area contributed by atoms with Gasteiger partial charge in [0, 0.05) is 42.7 Å². The number of nitrogens with one attached hydrogen (secondary N) is 3. The molecule has 12 heteroatoms. The zero-order chi connectivity index (χ0) is 38.9. The van der Waals surface area contributed by atoms with Crippen molar-refractivity contribution in [2.24, 2.45) is 0 Å². The van der Waals surface area contributed by atoms with E-state index in [4.69, 9.17) is 27.9 Å². The Kier molecular flexibility index (Phi) is 12.9. The van der Waals surface area contributed by atoms with E-state index in [1.807, 2.05) is 73.0 Å². The number of methoxy groups -OCH3 is 1. The van der Waals surface area contributed by atoms with Crippen molar-refractivity contribution >= 4 is 86.8 Å².